The minimum Gasteiger partial charge on any atom is -0.278 e. The quantitative estimate of drug-likeness (QED) is 0.332. The Bertz CT molecular complexity index is 142. The zero-order chi connectivity index (χ0) is 7.40. The molecule has 2 atom stereocenters. The molecular formula is C8H12ClN. The first-order valence-electron chi connectivity index (χ1n) is 3.61. The number of aliphatic imine (C=N–C) groups is 1. The minimum absolute atomic E-state index is 0.0288. The molecule has 2 unspecified atom stereocenters. The van der Waals surface area contributed by atoms with E-state index in [1.807, 2.05) is 12.3 Å². The number of alkyl halides is 1. The van der Waals surface area contributed by atoms with E-state index in [0.717, 1.165) is 19.3 Å². The summed E-state index contributed by atoms with van der Waals surface area (Å²) in [6, 6.07) is 0. The molecule has 10 heavy (non-hydrogen) atoms. The van der Waals surface area contributed by atoms with Gasteiger partial charge in [0.05, 0.1) is 0 Å². The van der Waals surface area contributed by atoms with E-state index in [1.165, 1.54) is 0 Å². The monoisotopic (exact) mass is 157 g/mol. The van der Waals surface area contributed by atoms with E-state index < -0.39 is 0 Å². The van der Waals surface area contributed by atoms with Crippen molar-refractivity contribution < 1.29 is 0 Å². The van der Waals surface area contributed by atoms with Gasteiger partial charge in [-0.15, -0.1) is 6.58 Å². The topological polar surface area (TPSA) is 12.4 Å². The molecule has 2 heteroatoms. The maximum absolute atomic E-state index is 5.76. The molecule has 0 radical (unpaired) electrons. The highest BCUT2D eigenvalue weighted by atomic mass is 35.5. The first-order chi connectivity index (χ1) is 4.83. The van der Waals surface area contributed by atoms with Crippen LogP contribution in [0.25, 0.3) is 0 Å². The van der Waals surface area contributed by atoms with Crippen LogP contribution in [0.1, 0.15) is 19.3 Å². The molecule has 0 aromatic carbocycles. The average Bonchev–Trinajstić information content (AvgIpc) is 1.95. The lowest BCUT2D eigenvalue weighted by Crippen LogP contribution is -2.11. The summed E-state index contributed by atoms with van der Waals surface area (Å²) < 4.78 is 0. The van der Waals surface area contributed by atoms with Gasteiger partial charge in [-0.3, -0.25) is 4.99 Å². The minimum atomic E-state index is 0.0288. The second-order valence-corrected chi connectivity index (χ2v) is 3.10. The number of halogens is 1. The molecule has 0 saturated carbocycles. The number of hydrogen-bond acceptors (Lipinski definition) is 1. The van der Waals surface area contributed by atoms with Crippen LogP contribution in [0.3, 0.4) is 0 Å². The Kier molecular flexibility index (Phi) is 2.94. The lowest BCUT2D eigenvalue weighted by molar-refractivity contribution is 0.566. The highest BCUT2D eigenvalue weighted by Gasteiger charge is 2.12. The molecule has 0 fully saturated rings. The Hall–Kier alpha value is -0.300. The molecule has 0 bridgehead atoms. The largest absolute Gasteiger partial charge is 0.278 e. The van der Waals surface area contributed by atoms with Crippen molar-refractivity contribution in [3.05, 3.63) is 12.7 Å². The van der Waals surface area contributed by atoms with Crippen LogP contribution in [-0.4, -0.2) is 11.7 Å². The second-order valence-electron chi connectivity index (χ2n) is 2.59. The van der Waals surface area contributed by atoms with Gasteiger partial charge in [-0.25, -0.2) is 0 Å². The summed E-state index contributed by atoms with van der Waals surface area (Å²) >= 11 is 5.76. The lowest BCUT2D eigenvalue weighted by Gasteiger charge is -2.16. The molecule has 0 aromatic heterocycles. The molecule has 0 aliphatic carbocycles. The zero-order valence-corrected chi connectivity index (χ0v) is 6.72. The molecule has 1 aliphatic rings. The predicted octanol–water partition coefficient (Wildman–Crippen LogP) is 2.61. The lowest BCUT2D eigenvalue weighted by atomic mass is 9.99. The van der Waals surface area contributed by atoms with Crippen LogP contribution in [0, 0.1) is 5.92 Å². The Morgan fingerprint density at radius 1 is 1.70 bits per heavy atom. The van der Waals surface area contributed by atoms with Gasteiger partial charge in [0.25, 0.3) is 0 Å². The highest BCUT2D eigenvalue weighted by molar-refractivity contribution is 6.20. The van der Waals surface area contributed by atoms with Crippen LogP contribution in [0.15, 0.2) is 17.6 Å². The fourth-order valence-corrected chi connectivity index (χ4v) is 1.30. The molecule has 1 heterocycles. The maximum atomic E-state index is 5.76. The number of allylic oxidation sites excluding steroid dienone is 1. The fourth-order valence-electron chi connectivity index (χ4n) is 1.11. The summed E-state index contributed by atoms with van der Waals surface area (Å²) in [5.74, 6) is 0.590. The van der Waals surface area contributed by atoms with Crippen LogP contribution < -0.4 is 0 Å². The van der Waals surface area contributed by atoms with Gasteiger partial charge in [-0.2, -0.15) is 0 Å². The standard InChI is InChI=1S/C8H12ClN/c1-2-3-7-4-5-8(9)10-6-7/h2,6-8H,1,3-5H2. The van der Waals surface area contributed by atoms with Gasteiger partial charge in [0.2, 0.25) is 0 Å². The molecule has 1 aliphatic heterocycles. The van der Waals surface area contributed by atoms with Gasteiger partial charge in [-0.05, 0) is 25.2 Å². The van der Waals surface area contributed by atoms with Crippen molar-refractivity contribution in [2.75, 3.05) is 0 Å². The van der Waals surface area contributed by atoms with E-state index in [9.17, 15) is 0 Å². The van der Waals surface area contributed by atoms with Gasteiger partial charge in [0.15, 0.2) is 0 Å². The van der Waals surface area contributed by atoms with Crippen molar-refractivity contribution in [2.45, 2.75) is 24.8 Å². The second kappa shape index (κ2) is 3.77. The number of nitrogens with zero attached hydrogens (tertiary/aromatic N) is 1. The third kappa shape index (κ3) is 2.14. The van der Waals surface area contributed by atoms with Crippen LogP contribution in [0.4, 0.5) is 0 Å². The Morgan fingerprint density at radius 3 is 3.00 bits per heavy atom. The van der Waals surface area contributed by atoms with Crippen LogP contribution in [0.2, 0.25) is 0 Å². The van der Waals surface area contributed by atoms with E-state index in [0.29, 0.717) is 5.92 Å². The first-order valence-corrected chi connectivity index (χ1v) is 4.05. The summed E-state index contributed by atoms with van der Waals surface area (Å²) in [4.78, 5) is 4.12. The molecule has 1 rings (SSSR count). The normalized spacial score (nSPS) is 32.1. The SMILES string of the molecule is C=CCC1C=NC(Cl)CC1. The van der Waals surface area contributed by atoms with Gasteiger partial charge < -0.3 is 0 Å². The third-order valence-corrected chi connectivity index (χ3v) is 2.03. The van der Waals surface area contributed by atoms with Crippen molar-refractivity contribution >= 4 is 17.8 Å². The summed E-state index contributed by atoms with van der Waals surface area (Å²) in [5.41, 5.74) is 0.0288. The van der Waals surface area contributed by atoms with Gasteiger partial charge in [0.1, 0.15) is 5.50 Å². The average molecular weight is 158 g/mol. The number of rotatable bonds is 2. The van der Waals surface area contributed by atoms with Crippen LogP contribution in [-0.2, 0) is 0 Å². The third-order valence-electron chi connectivity index (χ3n) is 1.70. The van der Waals surface area contributed by atoms with Crippen molar-refractivity contribution in [3.8, 4) is 0 Å². The molecule has 0 saturated heterocycles. The van der Waals surface area contributed by atoms with E-state index in [1.54, 1.807) is 0 Å². The predicted molar refractivity (Wildman–Crippen MR) is 45.7 cm³/mol. The molecule has 0 aromatic rings. The molecule has 0 amide bonds. The molecule has 1 nitrogen and oxygen atoms in total. The van der Waals surface area contributed by atoms with Gasteiger partial charge in [0, 0.05) is 6.21 Å². The fraction of sp³-hybridized carbons (Fsp3) is 0.625. The summed E-state index contributed by atoms with van der Waals surface area (Å²) in [6.07, 6.45) is 7.10. The highest BCUT2D eigenvalue weighted by Crippen LogP contribution is 2.19. The van der Waals surface area contributed by atoms with E-state index in [4.69, 9.17) is 11.6 Å². The van der Waals surface area contributed by atoms with E-state index >= 15 is 0 Å². The molecule has 56 valence electrons. The van der Waals surface area contributed by atoms with Gasteiger partial charge in [-0.1, -0.05) is 17.7 Å². The summed E-state index contributed by atoms with van der Waals surface area (Å²) in [6.45, 7) is 3.68. The smallest absolute Gasteiger partial charge is 0.123 e. The Labute approximate surface area is 66.8 Å². The Balaban J connectivity index is 2.37. The number of hydrogen-bond donors (Lipinski definition) is 0. The van der Waals surface area contributed by atoms with E-state index in [-0.39, 0.29) is 5.50 Å². The van der Waals surface area contributed by atoms with Crippen molar-refractivity contribution in [3.63, 3.8) is 0 Å². The Morgan fingerprint density at radius 2 is 2.50 bits per heavy atom. The first kappa shape index (κ1) is 7.80. The maximum Gasteiger partial charge on any atom is 0.123 e. The van der Waals surface area contributed by atoms with E-state index in [2.05, 4.69) is 11.6 Å². The van der Waals surface area contributed by atoms with Crippen LogP contribution >= 0.6 is 11.6 Å². The summed E-state index contributed by atoms with van der Waals surface area (Å²) in [7, 11) is 0. The zero-order valence-electron chi connectivity index (χ0n) is 5.96. The molecular weight excluding hydrogens is 146 g/mol. The van der Waals surface area contributed by atoms with Gasteiger partial charge >= 0.3 is 0 Å². The van der Waals surface area contributed by atoms with Crippen molar-refractivity contribution in [2.24, 2.45) is 10.9 Å². The van der Waals surface area contributed by atoms with Crippen LogP contribution in [0.5, 0.6) is 0 Å². The molecule has 0 N–H and O–H groups in total. The molecule has 0 spiro atoms. The van der Waals surface area contributed by atoms with Crippen molar-refractivity contribution in [1.29, 1.82) is 0 Å². The van der Waals surface area contributed by atoms with Crippen molar-refractivity contribution in [1.82, 2.24) is 0 Å². The summed E-state index contributed by atoms with van der Waals surface area (Å²) in [5, 5.41) is 0.